The Morgan fingerprint density at radius 3 is 2.85 bits per heavy atom. The number of hydrogen-bond donors (Lipinski definition) is 1. The average Bonchev–Trinajstić information content (AvgIpc) is 2.19. The summed E-state index contributed by atoms with van der Waals surface area (Å²) in [5.41, 5.74) is 0.263. The van der Waals surface area contributed by atoms with Crippen LogP contribution in [0.15, 0.2) is 18.6 Å². The number of amides is 1. The van der Waals surface area contributed by atoms with Gasteiger partial charge < -0.3 is 5.32 Å². The van der Waals surface area contributed by atoms with E-state index in [1.807, 2.05) is 0 Å². The molecule has 5 nitrogen and oxygen atoms in total. The van der Waals surface area contributed by atoms with E-state index in [1.165, 1.54) is 25.6 Å². The fourth-order valence-corrected chi connectivity index (χ4v) is 0.780. The minimum absolute atomic E-state index is 0.173. The molecule has 0 aliphatic rings. The van der Waals surface area contributed by atoms with E-state index in [-0.39, 0.29) is 23.8 Å². The maximum Gasteiger partial charge on any atom is 0.227 e. The molecule has 0 bridgehead atoms. The molecule has 1 rings (SSSR count). The van der Waals surface area contributed by atoms with Crippen molar-refractivity contribution in [1.82, 2.24) is 15.3 Å². The number of carbonyl (C=O) groups is 2. The largest absolute Gasteiger partial charge is 0.359 e. The Balaban J connectivity index is 2.65. The van der Waals surface area contributed by atoms with E-state index in [0.29, 0.717) is 0 Å². The lowest BCUT2D eigenvalue weighted by Crippen LogP contribution is -2.21. The standard InChI is InChI=1S/C8H9N3O2/c1-9-8(13)4-7(12)6-2-3-10-5-11-6/h2-3,5H,4H2,1H3,(H,9,13). The van der Waals surface area contributed by atoms with Crippen molar-refractivity contribution in [2.45, 2.75) is 6.42 Å². The summed E-state index contributed by atoms with van der Waals surface area (Å²) in [7, 11) is 1.48. The van der Waals surface area contributed by atoms with Crippen molar-refractivity contribution in [3.63, 3.8) is 0 Å². The Bertz CT molecular complexity index is 310. The predicted octanol–water partition coefficient (Wildman–Crippen LogP) is -0.205. The molecular formula is C8H9N3O2. The first-order valence-corrected chi connectivity index (χ1v) is 3.74. The Kier molecular flexibility index (Phi) is 3.08. The molecular weight excluding hydrogens is 170 g/mol. The van der Waals surface area contributed by atoms with Crippen molar-refractivity contribution in [3.05, 3.63) is 24.3 Å². The summed E-state index contributed by atoms with van der Waals surface area (Å²) >= 11 is 0. The zero-order valence-corrected chi connectivity index (χ0v) is 7.15. The Morgan fingerprint density at radius 1 is 1.54 bits per heavy atom. The van der Waals surface area contributed by atoms with Gasteiger partial charge >= 0.3 is 0 Å². The van der Waals surface area contributed by atoms with Gasteiger partial charge in [0.2, 0.25) is 5.91 Å². The lowest BCUT2D eigenvalue weighted by molar-refractivity contribution is -0.119. The number of nitrogens with one attached hydrogen (secondary N) is 1. The van der Waals surface area contributed by atoms with Gasteiger partial charge in [-0.25, -0.2) is 9.97 Å². The van der Waals surface area contributed by atoms with Gasteiger partial charge in [-0.15, -0.1) is 0 Å². The van der Waals surface area contributed by atoms with Crippen LogP contribution in [0.4, 0.5) is 0 Å². The molecule has 0 saturated carbocycles. The zero-order chi connectivity index (χ0) is 9.68. The van der Waals surface area contributed by atoms with Crippen molar-refractivity contribution >= 4 is 11.7 Å². The van der Waals surface area contributed by atoms with E-state index in [2.05, 4.69) is 15.3 Å². The number of rotatable bonds is 3. The van der Waals surface area contributed by atoms with Crippen LogP contribution < -0.4 is 5.32 Å². The number of ketones is 1. The Morgan fingerprint density at radius 2 is 2.31 bits per heavy atom. The molecule has 0 aliphatic heterocycles. The summed E-state index contributed by atoms with van der Waals surface area (Å²) in [4.78, 5) is 29.5. The van der Waals surface area contributed by atoms with Crippen LogP contribution in [0.3, 0.4) is 0 Å². The molecule has 1 N–H and O–H groups in total. The van der Waals surface area contributed by atoms with Crippen LogP contribution in [0.25, 0.3) is 0 Å². The van der Waals surface area contributed by atoms with Crippen molar-refractivity contribution in [3.8, 4) is 0 Å². The van der Waals surface area contributed by atoms with Crippen LogP contribution in [0.5, 0.6) is 0 Å². The van der Waals surface area contributed by atoms with Crippen molar-refractivity contribution in [1.29, 1.82) is 0 Å². The van der Waals surface area contributed by atoms with Gasteiger partial charge in [-0.2, -0.15) is 0 Å². The summed E-state index contributed by atoms with van der Waals surface area (Å²) in [6.45, 7) is 0. The molecule has 1 aromatic rings. The van der Waals surface area contributed by atoms with Crippen molar-refractivity contribution in [2.75, 3.05) is 7.05 Å². The fourth-order valence-electron chi connectivity index (χ4n) is 0.780. The number of hydrogen-bond acceptors (Lipinski definition) is 4. The number of carbonyl (C=O) groups excluding carboxylic acids is 2. The smallest absolute Gasteiger partial charge is 0.227 e. The normalized spacial score (nSPS) is 9.31. The lowest BCUT2D eigenvalue weighted by atomic mass is 10.2. The number of nitrogens with zero attached hydrogens (tertiary/aromatic N) is 2. The summed E-state index contributed by atoms with van der Waals surface area (Å²) in [6.07, 6.45) is 2.56. The van der Waals surface area contributed by atoms with Gasteiger partial charge in [0.1, 0.15) is 12.0 Å². The highest BCUT2D eigenvalue weighted by Crippen LogP contribution is 1.96. The van der Waals surface area contributed by atoms with E-state index in [1.54, 1.807) is 0 Å². The number of Topliss-reactive ketones (excluding diaryl/α,β-unsaturated/α-hetero) is 1. The molecule has 0 unspecified atom stereocenters. The van der Waals surface area contributed by atoms with Crippen LogP contribution in [0, 0.1) is 0 Å². The molecule has 13 heavy (non-hydrogen) atoms. The second kappa shape index (κ2) is 4.30. The van der Waals surface area contributed by atoms with Gasteiger partial charge in [0, 0.05) is 13.2 Å². The molecule has 0 saturated heterocycles. The molecule has 1 heterocycles. The summed E-state index contributed by atoms with van der Waals surface area (Å²) in [5, 5.41) is 2.36. The van der Waals surface area contributed by atoms with Crippen molar-refractivity contribution in [2.24, 2.45) is 0 Å². The molecule has 1 aromatic heterocycles. The van der Waals surface area contributed by atoms with E-state index in [4.69, 9.17) is 0 Å². The van der Waals surface area contributed by atoms with E-state index in [9.17, 15) is 9.59 Å². The first-order valence-electron chi connectivity index (χ1n) is 3.74. The molecule has 0 fully saturated rings. The minimum Gasteiger partial charge on any atom is -0.359 e. The predicted molar refractivity (Wildman–Crippen MR) is 45.0 cm³/mol. The van der Waals surface area contributed by atoms with E-state index in [0.717, 1.165) is 0 Å². The highest BCUT2D eigenvalue weighted by atomic mass is 16.2. The van der Waals surface area contributed by atoms with Crippen LogP contribution in [0.1, 0.15) is 16.9 Å². The Hall–Kier alpha value is -1.78. The molecule has 5 heteroatoms. The molecule has 0 radical (unpaired) electrons. The molecule has 0 aromatic carbocycles. The highest BCUT2D eigenvalue weighted by Gasteiger charge is 2.10. The molecule has 0 spiro atoms. The van der Waals surface area contributed by atoms with Gasteiger partial charge in [-0.1, -0.05) is 0 Å². The van der Waals surface area contributed by atoms with E-state index >= 15 is 0 Å². The van der Waals surface area contributed by atoms with Gasteiger partial charge in [0.05, 0.1) is 6.42 Å². The molecule has 68 valence electrons. The van der Waals surface area contributed by atoms with E-state index < -0.39 is 0 Å². The monoisotopic (exact) mass is 179 g/mol. The number of aromatic nitrogens is 2. The maximum absolute atomic E-state index is 11.3. The third-order valence-corrected chi connectivity index (χ3v) is 1.47. The third kappa shape index (κ3) is 2.62. The van der Waals surface area contributed by atoms with Gasteiger partial charge in [0.15, 0.2) is 5.78 Å². The quantitative estimate of drug-likeness (QED) is 0.515. The van der Waals surface area contributed by atoms with Crippen LogP contribution in [0.2, 0.25) is 0 Å². The van der Waals surface area contributed by atoms with Gasteiger partial charge in [-0.05, 0) is 6.07 Å². The summed E-state index contributed by atoms with van der Waals surface area (Å²) in [6, 6.07) is 1.48. The van der Waals surface area contributed by atoms with Crippen molar-refractivity contribution < 1.29 is 9.59 Å². The maximum atomic E-state index is 11.3. The first kappa shape index (κ1) is 9.31. The molecule has 0 atom stereocenters. The average molecular weight is 179 g/mol. The second-order valence-corrected chi connectivity index (χ2v) is 2.37. The highest BCUT2D eigenvalue weighted by molar-refractivity contribution is 6.06. The van der Waals surface area contributed by atoms with Crippen LogP contribution in [-0.2, 0) is 4.79 Å². The lowest BCUT2D eigenvalue weighted by Gasteiger charge is -1.97. The van der Waals surface area contributed by atoms with Gasteiger partial charge in [-0.3, -0.25) is 9.59 Å². The van der Waals surface area contributed by atoms with Crippen LogP contribution in [-0.4, -0.2) is 28.7 Å². The SMILES string of the molecule is CNC(=O)CC(=O)c1ccncn1. The first-order chi connectivity index (χ1) is 6.24. The second-order valence-electron chi connectivity index (χ2n) is 2.37. The summed E-state index contributed by atoms with van der Waals surface area (Å²) in [5.74, 6) is -0.620. The zero-order valence-electron chi connectivity index (χ0n) is 7.15. The molecule has 0 aliphatic carbocycles. The molecule has 1 amide bonds. The van der Waals surface area contributed by atoms with Crippen LogP contribution >= 0.6 is 0 Å². The fraction of sp³-hybridized carbons (Fsp3) is 0.250. The minimum atomic E-state index is -0.316. The summed E-state index contributed by atoms with van der Waals surface area (Å²) < 4.78 is 0. The Labute approximate surface area is 75.2 Å². The van der Waals surface area contributed by atoms with Gasteiger partial charge in [0.25, 0.3) is 0 Å². The topological polar surface area (TPSA) is 72.0 Å². The third-order valence-electron chi connectivity index (χ3n) is 1.47.